The van der Waals surface area contributed by atoms with Gasteiger partial charge in [-0.3, -0.25) is 0 Å². The van der Waals surface area contributed by atoms with E-state index in [1.807, 2.05) is 6.92 Å². The van der Waals surface area contributed by atoms with Gasteiger partial charge in [-0.2, -0.15) is 0 Å². The van der Waals surface area contributed by atoms with Gasteiger partial charge in [0, 0.05) is 6.54 Å². The Labute approximate surface area is 95.7 Å². The van der Waals surface area contributed by atoms with Gasteiger partial charge in [-0.15, -0.1) is 0 Å². The molecule has 0 spiro atoms. The van der Waals surface area contributed by atoms with Crippen LogP contribution in [0.4, 0.5) is 4.39 Å². The molecule has 16 heavy (non-hydrogen) atoms. The van der Waals surface area contributed by atoms with Gasteiger partial charge >= 0.3 is 0 Å². The molecule has 0 radical (unpaired) electrons. The summed E-state index contributed by atoms with van der Waals surface area (Å²) in [7, 11) is -3.55. The second kappa shape index (κ2) is 5.96. The highest BCUT2D eigenvalue weighted by Gasteiger charge is 2.13. The maximum Gasteiger partial charge on any atom is 0.240 e. The molecule has 90 valence electrons. The highest BCUT2D eigenvalue weighted by atomic mass is 32.2. The summed E-state index contributed by atoms with van der Waals surface area (Å²) in [6.07, 6.45) is 2.80. The number of unbranched alkanes of at least 4 members (excludes halogenated alkanes) is 2. The number of nitrogens with one attached hydrogen (secondary N) is 1. The van der Waals surface area contributed by atoms with E-state index in [0.717, 1.165) is 25.3 Å². The minimum absolute atomic E-state index is 0.0241. The first-order valence-electron chi connectivity index (χ1n) is 5.31. The van der Waals surface area contributed by atoms with Crippen molar-refractivity contribution in [3.8, 4) is 0 Å². The number of hydrogen-bond donors (Lipinski definition) is 1. The van der Waals surface area contributed by atoms with Crippen LogP contribution in [-0.4, -0.2) is 15.0 Å². The third-order valence-electron chi connectivity index (χ3n) is 2.18. The van der Waals surface area contributed by atoms with Gasteiger partial charge in [-0.1, -0.05) is 25.8 Å². The molecule has 0 aliphatic rings. The summed E-state index contributed by atoms with van der Waals surface area (Å²) in [4.78, 5) is -0.0241. The maximum absolute atomic E-state index is 12.8. The molecule has 1 rings (SSSR count). The van der Waals surface area contributed by atoms with E-state index < -0.39 is 15.8 Å². The van der Waals surface area contributed by atoms with Gasteiger partial charge < -0.3 is 0 Å². The van der Waals surface area contributed by atoms with Crippen LogP contribution in [0.2, 0.25) is 0 Å². The summed E-state index contributed by atoms with van der Waals surface area (Å²) < 4.78 is 38.6. The lowest BCUT2D eigenvalue weighted by molar-refractivity contribution is 0.572. The van der Waals surface area contributed by atoms with Crippen LogP contribution in [-0.2, 0) is 10.0 Å². The van der Waals surface area contributed by atoms with Crippen LogP contribution in [0.5, 0.6) is 0 Å². The molecule has 0 aromatic heterocycles. The van der Waals surface area contributed by atoms with E-state index in [2.05, 4.69) is 4.72 Å². The zero-order valence-corrected chi connectivity index (χ0v) is 10.1. The number of benzene rings is 1. The van der Waals surface area contributed by atoms with Crippen molar-refractivity contribution in [1.29, 1.82) is 0 Å². The number of hydrogen-bond acceptors (Lipinski definition) is 2. The van der Waals surface area contributed by atoms with Crippen LogP contribution in [0.15, 0.2) is 29.2 Å². The SMILES string of the molecule is CCCCCNS(=O)(=O)c1cccc(F)c1. The molecule has 1 N–H and O–H groups in total. The quantitative estimate of drug-likeness (QED) is 0.782. The molecule has 0 heterocycles. The van der Waals surface area contributed by atoms with Gasteiger partial charge in [-0.25, -0.2) is 17.5 Å². The fourth-order valence-corrected chi connectivity index (χ4v) is 2.40. The monoisotopic (exact) mass is 245 g/mol. The lowest BCUT2D eigenvalue weighted by Gasteiger charge is -2.06. The van der Waals surface area contributed by atoms with Crippen molar-refractivity contribution in [1.82, 2.24) is 4.72 Å². The van der Waals surface area contributed by atoms with Gasteiger partial charge in [0.05, 0.1) is 4.90 Å². The summed E-state index contributed by atoms with van der Waals surface area (Å²) in [5.41, 5.74) is 0. The van der Waals surface area contributed by atoms with E-state index in [9.17, 15) is 12.8 Å². The van der Waals surface area contributed by atoms with Crippen LogP contribution in [0.3, 0.4) is 0 Å². The Hall–Kier alpha value is -0.940. The van der Waals surface area contributed by atoms with Crippen molar-refractivity contribution >= 4 is 10.0 Å². The van der Waals surface area contributed by atoms with E-state index >= 15 is 0 Å². The number of rotatable bonds is 6. The van der Waals surface area contributed by atoms with Crippen molar-refractivity contribution in [2.75, 3.05) is 6.54 Å². The van der Waals surface area contributed by atoms with Crippen molar-refractivity contribution in [3.05, 3.63) is 30.1 Å². The Kier molecular flexibility index (Phi) is 4.89. The molecule has 0 saturated heterocycles. The van der Waals surface area contributed by atoms with E-state index in [1.165, 1.54) is 18.2 Å². The largest absolute Gasteiger partial charge is 0.240 e. The second-order valence-corrected chi connectivity index (χ2v) is 5.33. The van der Waals surface area contributed by atoms with Crippen LogP contribution >= 0.6 is 0 Å². The van der Waals surface area contributed by atoms with Crippen molar-refractivity contribution in [3.63, 3.8) is 0 Å². The lowest BCUT2D eigenvalue weighted by Crippen LogP contribution is -2.24. The highest BCUT2D eigenvalue weighted by molar-refractivity contribution is 7.89. The summed E-state index contributed by atoms with van der Waals surface area (Å²) >= 11 is 0. The summed E-state index contributed by atoms with van der Waals surface area (Å²) in [6.45, 7) is 2.44. The summed E-state index contributed by atoms with van der Waals surface area (Å²) in [6, 6.07) is 5.00. The highest BCUT2D eigenvalue weighted by Crippen LogP contribution is 2.10. The first-order valence-corrected chi connectivity index (χ1v) is 6.80. The molecule has 1 aromatic rings. The summed E-state index contributed by atoms with van der Waals surface area (Å²) in [5, 5.41) is 0. The van der Waals surface area contributed by atoms with Crippen LogP contribution < -0.4 is 4.72 Å². The normalized spacial score (nSPS) is 11.6. The van der Waals surface area contributed by atoms with E-state index in [-0.39, 0.29) is 4.90 Å². The van der Waals surface area contributed by atoms with E-state index in [4.69, 9.17) is 0 Å². The van der Waals surface area contributed by atoms with Crippen molar-refractivity contribution in [2.45, 2.75) is 31.1 Å². The lowest BCUT2D eigenvalue weighted by atomic mass is 10.3. The number of sulfonamides is 1. The molecule has 0 fully saturated rings. The minimum Gasteiger partial charge on any atom is -0.211 e. The second-order valence-electron chi connectivity index (χ2n) is 3.56. The zero-order valence-electron chi connectivity index (χ0n) is 9.24. The Morgan fingerprint density at radius 2 is 2.06 bits per heavy atom. The Bertz CT molecular complexity index is 431. The zero-order chi connectivity index (χ0) is 12.0. The predicted molar refractivity (Wildman–Crippen MR) is 61.1 cm³/mol. The van der Waals surface area contributed by atoms with Gasteiger partial charge in [0.15, 0.2) is 0 Å². The predicted octanol–water partition coefficient (Wildman–Crippen LogP) is 2.29. The molecule has 3 nitrogen and oxygen atoms in total. The standard InChI is InChI=1S/C11H16FNO2S/c1-2-3-4-8-13-16(14,15)11-7-5-6-10(12)9-11/h5-7,9,13H,2-4,8H2,1H3. The third kappa shape index (κ3) is 3.90. The first kappa shape index (κ1) is 13.1. The molecular formula is C11H16FNO2S. The molecular weight excluding hydrogens is 229 g/mol. The number of halogens is 1. The molecule has 0 bridgehead atoms. The average Bonchev–Trinajstić information content (AvgIpc) is 2.24. The third-order valence-corrected chi connectivity index (χ3v) is 3.64. The van der Waals surface area contributed by atoms with Gasteiger partial charge in [0.25, 0.3) is 0 Å². The van der Waals surface area contributed by atoms with Crippen molar-refractivity contribution < 1.29 is 12.8 Å². The molecule has 0 aliphatic heterocycles. The molecule has 1 aromatic carbocycles. The van der Waals surface area contributed by atoms with Gasteiger partial charge in [-0.05, 0) is 24.6 Å². The minimum atomic E-state index is -3.55. The Morgan fingerprint density at radius 1 is 1.31 bits per heavy atom. The molecule has 0 saturated carbocycles. The van der Waals surface area contributed by atoms with Crippen LogP contribution in [0.1, 0.15) is 26.2 Å². The van der Waals surface area contributed by atoms with Gasteiger partial charge in [0.1, 0.15) is 5.82 Å². The maximum atomic E-state index is 12.8. The fraction of sp³-hybridized carbons (Fsp3) is 0.455. The Morgan fingerprint density at radius 3 is 2.69 bits per heavy atom. The van der Waals surface area contributed by atoms with Crippen molar-refractivity contribution in [2.24, 2.45) is 0 Å². The van der Waals surface area contributed by atoms with Gasteiger partial charge in [0.2, 0.25) is 10.0 Å². The average molecular weight is 245 g/mol. The first-order chi connectivity index (χ1) is 7.56. The fourth-order valence-electron chi connectivity index (χ4n) is 1.30. The molecule has 0 aliphatic carbocycles. The van der Waals surface area contributed by atoms with E-state index in [0.29, 0.717) is 6.54 Å². The molecule has 0 amide bonds. The van der Waals surface area contributed by atoms with Crippen LogP contribution in [0.25, 0.3) is 0 Å². The van der Waals surface area contributed by atoms with E-state index in [1.54, 1.807) is 0 Å². The molecule has 0 unspecified atom stereocenters. The molecule has 5 heteroatoms. The Balaban J connectivity index is 2.64. The van der Waals surface area contributed by atoms with Crippen LogP contribution in [0, 0.1) is 5.82 Å². The topological polar surface area (TPSA) is 46.2 Å². The summed E-state index contributed by atoms with van der Waals surface area (Å²) in [5.74, 6) is -0.545. The molecule has 0 atom stereocenters. The smallest absolute Gasteiger partial charge is 0.211 e.